The van der Waals surface area contributed by atoms with E-state index < -0.39 is 0 Å². The van der Waals surface area contributed by atoms with Gasteiger partial charge >= 0.3 is 0 Å². The number of carbonyl (C=O) groups excluding carboxylic acids is 1. The maximum Gasteiger partial charge on any atom is 0.251 e. The molecule has 0 spiro atoms. The molecule has 2 heteroatoms. The lowest BCUT2D eigenvalue weighted by Crippen LogP contribution is -2.23. The molecule has 1 aliphatic carbocycles. The molecule has 1 aliphatic rings. The Bertz CT molecular complexity index is 848. The van der Waals surface area contributed by atoms with E-state index in [9.17, 15) is 4.79 Å². The van der Waals surface area contributed by atoms with Gasteiger partial charge in [0, 0.05) is 12.1 Å². The Morgan fingerprint density at radius 2 is 1.83 bits per heavy atom. The quantitative estimate of drug-likeness (QED) is 0.502. The number of benzene rings is 1. The van der Waals surface area contributed by atoms with E-state index in [0.29, 0.717) is 12.1 Å². The van der Waals surface area contributed by atoms with Gasteiger partial charge in [0.2, 0.25) is 0 Å². The third-order valence-corrected chi connectivity index (χ3v) is 5.50. The largest absolute Gasteiger partial charge is 0.349 e. The van der Waals surface area contributed by atoms with Crippen LogP contribution in [0, 0.1) is 5.41 Å². The van der Waals surface area contributed by atoms with Crippen LogP contribution in [-0.2, 0) is 0 Å². The average Bonchev–Trinajstić information content (AvgIpc) is 2.67. The number of rotatable bonds is 7. The summed E-state index contributed by atoms with van der Waals surface area (Å²) >= 11 is 0. The van der Waals surface area contributed by atoms with Crippen LogP contribution in [0.4, 0.5) is 0 Å². The number of nitrogens with one attached hydrogen (secondary N) is 1. The molecule has 1 aromatic rings. The first-order chi connectivity index (χ1) is 13.8. The predicted octanol–water partition coefficient (Wildman–Crippen LogP) is 6.95. The highest BCUT2D eigenvalue weighted by Crippen LogP contribution is 2.40. The van der Waals surface area contributed by atoms with Gasteiger partial charge < -0.3 is 5.32 Å². The average molecular weight is 390 g/mol. The van der Waals surface area contributed by atoms with E-state index in [2.05, 4.69) is 63.4 Å². The van der Waals surface area contributed by atoms with Crippen molar-refractivity contribution in [1.29, 1.82) is 0 Å². The molecule has 0 saturated heterocycles. The summed E-state index contributed by atoms with van der Waals surface area (Å²) in [6, 6.07) is 9.28. The molecule has 0 bridgehead atoms. The van der Waals surface area contributed by atoms with Crippen molar-refractivity contribution in [2.75, 3.05) is 6.54 Å². The van der Waals surface area contributed by atoms with E-state index in [4.69, 9.17) is 0 Å². The molecule has 0 aliphatic heterocycles. The Labute approximate surface area is 176 Å². The van der Waals surface area contributed by atoms with Gasteiger partial charge in [0.05, 0.1) is 0 Å². The van der Waals surface area contributed by atoms with Crippen LogP contribution in [0.3, 0.4) is 0 Å². The molecular formula is C27H35NO. The van der Waals surface area contributed by atoms with Gasteiger partial charge in [-0.2, -0.15) is 0 Å². The first kappa shape index (κ1) is 22.7. The summed E-state index contributed by atoms with van der Waals surface area (Å²) in [5.74, 6) is -0.0465. The Hall–Kier alpha value is -2.61. The number of allylic oxidation sites excluding steroid dienone is 9. The third-order valence-electron chi connectivity index (χ3n) is 5.50. The van der Waals surface area contributed by atoms with Crippen LogP contribution in [0.2, 0.25) is 0 Å². The van der Waals surface area contributed by atoms with Crippen molar-refractivity contribution in [3.8, 4) is 0 Å². The molecule has 0 unspecified atom stereocenters. The Morgan fingerprint density at radius 3 is 2.52 bits per heavy atom. The predicted molar refractivity (Wildman–Crippen MR) is 125 cm³/mol. The molecule has 0 fully saturated rings. The molecule has 1 amide bonds. The highest BCUT2D eigenvalue weighted by Gasteiger charge is 2.26. The fourth-order valence-corrected chi connectivity index (χ4v) is 3.70. The lowest BCUT2D eigenvalue weighted by atomic mass is 9.72. The van der Waals surface area contributed by atoms with Crippen molar-refractivity contribution >= 4 is 5.91 Å². The summed E-state index contributed by atoms with van der Waals surface area (Å²) in [5.41, 5.74) is 6.33. The fraction of sp³-hybridized carbons (Fsp3) is 0.370. The molecule has 0 radical (unpaired) electrons. The van der Waals surface area contributed by atoms with Gasteiger partial charge in [0.25, 0.3) is 5.91 Å². The SMILES string of the molecule is CC(C=CC1=C(C)CCCC1(C)C)=CC=CC(C)=CCNC(=O)c1ccccc1. The number of amides is 1. The van der Waals surface area contributed by atoms with Crippen molar-refractivity contribution in [3.05, 3.63) is 94.6 Å². The fourth-order valence-electron chi connectivity index (χ4n) is 3.70. The third kappa shape index (κ3) is 7.38. The zero-order chi connectivity index (χ0) is 21.3. The van der Waals surface area contributed by atoms with Crippen LogP contribution in [-0.4, -0.2) is 12.5 Å². The molecule has 0 aromatic heterocycles. The van der Waals surface area contributed by atoms with Crippen molar-refractivity contribution in [2.24, 2.45) is 5.41 Å². The van der Waals surface area contributed by atoms with Crippen LogP contribution in [0.1, 0.15) is 64.2 Å². The van der Waals surface area contributed by atoms with Gasteiger partial charge in [-0.05, 0) is 63.2 Å². The second-order valence-electron chi connectivity index (χ2n) is 8.56. The lowest BCUT2D eigenvalue weighted by Gasteiger charge is -2.32. The van der Waals surface area contributed by atoms with Crippen molar-refractivity contribution < 1.29 is 4.79 Å². The summed E-state index contributed by atoms with van der Waals surface area (Å²) < 4.78 is 0. The van der Waals surface area contributed by atoms with E-state index in [1.807, 2.05) is 43.3 Å². The van der Waals surface area contributed by atoms with Crippen molar-refractivity contribution in [1.82, 2.24) is 5.32 Å². The molecule has 2 rings (SSSR count). The molecule has 1 N–H and O–H groups in total. The minimum Gasteiger partial charge on any atom is -0.349 e. The molecule has 1 aromatic carbocycles. The molecular weight excluding hydrogens is 354 g/mol. The maximum atomic E-state index is 12.0. The van der Waals surface area contributed by atoms with Crippen molar-refractivity contribution in [3.63, 3.8) is 0 Å². The normalized spacial score (nSPS) is 18.0. The minimum atomic E-state index is -0.0465. The van der Waals surface area contributed by atoms with E-state index in [1.54, 1.807) is 0 Å². The van der Waals surface area contributed by atoms with Gasteiger partial charge in [-0.3, -0.25) is 4.79 Å². The first-order valence-corrected chi connectivity index (χ1v) is 10.5. The van der Waals surface area contributed by atoms with Gasteiger partial charge in [-0.15, -0.1) is 0 Å². The zero-order valence-corrected chi connectivity index (χ0v) is 18.6. The molecule has 2 nitrogen and oxygen atoms in total. The molecule has 0 saturated carbocycles. The van der Waals surface area contributed by atoms with E-state index in [0.717, 1.165) is 5.57 Å². The second kappa shape index (κ2) is 10.8. The highest BCUT2D eigenvalue weighted by molar-refractivity contribution is 5.94. The summed E-state index contributed by atoms with van der Waals surface area (Å²) in [5, 5.41) is 2.92. The standard InChI is InChI=1S/C27H35NO/c1-21(16-17-25-23(3)13-10-19-27(25,4)5)11-9-12-22(2)18-20-28-26(29)24-14-7-6-8-15-24/h6-9,11-12,14-18H,10,13,19-20H2,1-5H3,(H,28,29). The summed E-state index contributed by atoms with van der Waals surface area (Å²) in [6.45, 7) is 11.7. The molecule has 154 valence electrons. The maximum absolute atomic E-state index is 12.0. The van der Waals surface area contributed by atoms with Gasteiger partial charge in [-0.25, -0.2) is 0 Å². The van der Waals surface area contributed by atoms with E-state index >= 15 is 0 Å². The van der Waals surface area contributed by atoms with Crippen LogP contribution < -0.4 is 5.32 Å². The minimum absolute atomic E-state index is 0.0465. The van der Waals surface area contributed by atoms with Crippen LogP contribution in [0.25, 0.3) is 0 Å². The number of hydrogen-bond donors (Lipinski definition) is 1. The highest BCUT2D eigenvalue weighted by atomic mass is 16.1. The van der Waals surface area contributed by atoms with E-state index in [1.165, 1.54) is 36.0 Å². The molecule has 29 heavy (non-hydrogen) atoms. The number of hydrogen-bond acceptors (Lipinski definition) is 1. The van der Waals surface area contributed by atoms with Crippen LogP contribution in [0.5, 0.6) is 0 Å². The summed E-state index contributed by atoms with van der Waals surface area (Å²) in [6.07, 6.45) is 16.6. The van der Waals surface area contributed by atoms with Gasteiger partial charge in [0.1, 0.15) is 0 Å². The van der Waals surface area contributed by atoms with Crippen LogP contribution >= 0.6 is 0 Å². The summed E-state index contributed by atoms with van der Waals surface area (Å²) in [4.78, 5) is 12.0. The Balaban J connectivity index is 1.87. The topological polar surface area (TPSA) is 29.1 Å². The number of carbonyl (C=O) groups is 1. The van der Waals surface area contributed by atoms with Crippen molar-refractivity contribution in [2.45, 2.75) is 53.9 Å². The van der Waals surface area contributed by atoms with Crippen LogP contribution in [0.15, 0.2) is 89.1 Å². The van der Waals surface area contributed by atoms with Gasteiger partial charge in [-0.1, -0.05) is 85.2 Å². The lowest BCUT2D eigenvalue weighted by molar-refractivity contribution is 0.0958. The molecule has 0 heterocycles. The Kier molecular flexibility index (Phi) is 8.45. The zero-order valence-electron chi connectivity index (χ0n) is 18.6. The van der Waals surface area contributed by atoms with Gasteiger partial charge in [0.15, 0.2) is 0 Å². The summed E-state index contributed by atoms with van der Waals surface area (Å²) in [7, 11) is 0. The second-order valence-corrected chi connectivity index (χ2v) is 8.56. The molecule has 0 atom stereocenters. The van der Waals surface area contributed by atoms with E-state index in [-0.39, 0.29) is 11.3 Å². The first-order valence-electron chi connectivity index (χ1n) is 10.5. The smallest absolute Gasteiger partial charge is 0.251 e. The Morgan fingerprint density at radius 1 is 1.10 bits per heavy atom. The monoisotopic (exact) mass is 389 g/mol.